The number of carbonyl (C=O) groups excluding carboxylic acids is 1. The Kier molecular flexibility index (Phi) is 4.99. The molecule has 1 aromatic heterocycles. The van der Waals surface area contributed by atoms with E-state index in [-0.39, 0.29) is 11.9 Å². The molecule has 0 spiro atoms. The van der Waals surface area contributed by atoms with E-state index in [1.165, 1.54) is 18.9 Å². The second kappa shape index (κ2) is 6.74. The molecule has 114 valence electrons. The van der Waals surface area contributed by atoms with Gasteiger partial charge in [0, 0.05) is 31.4 Å². The summed E-state index contributed by atoms with van der Waals surface area (Å²) in [5.74, 6) is 0.997. The SMILES string of the molecule is C=CC(=O)N(Cc1ccc(N2CCCC2C)nc1)C(C)C. The van der Waals surface area contributed by atoms with Gasteiger partial charge in [0.05, 0.1) is 0 Å². The quantitative estimate of drug-likeness (QED) is 0.781. The molecule has 1 aliphatic heterocycles. The number of pyridine rings is 1. The number of rotatable bonds is 5. The van der Waals surface area contributed by atoms with E-state index >= 15 is 0 Å². The van der Waals surface area contributed by atoms with Gasteiger partial charge in [-0.1, -0.05) is 12.6 Å². The van der Waals surface area contributed by atoms with E-state index in [1.807, 2.05) is 20.0 Å². The summed E-state index contributed by atoms with van der Waals surface area (Å²) in [4.78, 5) is 20.6. The van der Waals surface area contributed by atoms with Gasteiger partial charge in [-0.05, 0) is 51.3 Å². The van der Waals surface area contributed by atoms with Crippen LogP contribution in [0, 0.1) is 0 Å². The lowest BCUT2D eigenvalue weighted by Gasteiger charge is -2.26. The first-order valence-electron chi connectivity index (χ1n) is 7.67. The lowest BCUT2D eigenvalue weighted by Crippen LogP contribution is -2.35. The van der Waals surface area contributed by atoms with E-state index in [0.29, 0.717) is 12.6 Å². The average molecular weight is 287 g/mol. The predicted octanol–water partition coefficient (Wildman–Crippen LogP) is 2.99. The van der Waals surface area contributed by atoms with Crippen molar-refractivity contribution in [1.29, 1.82) is 0 Å². The van der Waals surface area contributed by atoms with E-state index in [9.17, 15) is 4.79 Å². The van der Waals surface area contributed by atoms with Crippen molar-refractivity contribution in [3.05, 3.63) is 36.5 Å². The van der Waals surface area contributed by atoms with Gasteiger partial charge in [-0.15, -0.1) is 0 Å². The van der Waals surface area contributed by atoms with Crippen LogP contribution in [0.3, 0.4) is 0 Å². The number of aromatic nitrogens is 1. The van der Waals surface area contributed by atoms with Crippen LogP contribution in [0.2, 0.25) is 0 Å². The van der Waals surface area contributed by atoms with Crippen molar-refractivity contribution >= 4 is 11.7 Å². The first kappa shape index (κ1) is 15.5. The first-order chi connectivity index (χ1) is 10.0. The Bertz CT molecular complexity index is 495. The lowest BCUT2D eigenvalue weighted by molar-refractivity contribution is -0.128. The zero-order valence-electron chi connectivity index (χ0n) is 13.2. The standard InChI is InChI=1S/C17H25N3O/c1-5-17(21)20(13(2)3)12-15-8-9-16(18-11-15)19-10-6-7-14(19)4/h5,8-9,11,13-14H,1,6-7,10,12H2,2-4H3. The van der Waals surface area contributed by atoms with Crippen molar-refractivity contribution in [3.63, 3.8) is 0 Å². The molecule has 1 amide bonds. The maximum absolute atomic E-state index is 11.9. The van der Waals surface area contributed by atoms with Gasteiger partial charge in [-0.3, -0.25) is 4.79 Å². The van der Waals surface area contributed by atoms with Crippen molar-refractivity contribution in [2.45, 2.75) is 52.2 Å². The maximum Gasteiger partial charge on any atom is 0.246 e. The van der Waals surface area contributed by atoms with Crippen molar-refractivity contribution < 1.29 is 4.79 Å². The molecule has 2 heterocycles. The molecule has 1 atom stereocenters. The van der Waals surface area contributed by atoms with Crippen LogP contribution in [-0.4, -0.2) is 34.4 Å². The number of hydrogen-bond donors (Lipinski definition) is 0. The molecule has 0 aliphatic carbocycles. The first-order valence-corrected chi connectivity index (χ1v) is 7.67. The van der Waals surface area contributed by atoms with Crippen LogP contribution in [0.25, 0.3) is 0 Å². The van der Waals surface area contributed by atoms with Gasteiger partial charge < -0.3 is 9.80 Å². The Morgan fingerprint density at radius 1 is 1.57 bits per heavy atom. The van der Waals surface area contributed by atoms with Gasteiger partial charge in [0.2, 0.25) is 5.91 Å². The summed E-state index contributed by atoms with van der Waals surface area (Å²) in [5.41, 5.74) is 1.05. The van der Waals surface area contributed by atoms with Crippen LogP contribution < -0.4 is 4.90 Å². The van der Waals surface area contributed by atoms with E-state index in [0.717, 1.165) is 17.9 Å². The second-order valence-electron chi connectivity index (χ2n) is 5.97. The molecular formula is C17H25N3O. The number of carbonyl (C=O) groups is 1. The molecule has 4 nitrogen and oxygen atoms in total. The van der Waals surface area contributed by atoms with Crippen LogP contribution in [0.15, 0.2) is 31.0 Å². The monoisotopic (exact) mass is 287 g/mol. The smallest absolute Gasteiger partial charge is 0.246 e. The maximum atomic E-state index is 11.9. The summed E-state index contributed by atoms with van der Waals surface area (Å²) in [6, 6.07) is 4.85. The van der Waals surface area contributed by atoms with Gasteiger partial charge in [-0.2, -0.15) is 0 Å². The molecule has 1 saturated heterocycles. The van der Waals surface area contributed by atoms with Gasteiger partial charge in [0.1, 0.15) is 5.82 Å². The number of hydrogen-bond acceptors (Lipinski definition) is 3. The fourth-order valence-corrected chi connectivity index (χ4v) is 2.78. The topological polar surface area (TPSA) is 36.4 Å². The van der Waals surface area contributed by atoms with Crippen LogP contribution >= 0.6 is 0 Å². The molecule has 1 fully saturated rings. The van der Waals surface area contributed by atoms with E-state index in [1.54, 1.807) is 4.90 Å². The van der Waals surface area contributed by atoms with Crippen LogP contribution in [-0.2, 0) is 11.3 Å². The Morgan fingerprint density at radius 2 is 2.33 bits per heavy atom. The molecule has 1 aromatic rings. The zero-order chi connectivity index (χ0) is 15.4. The molecule has 0 N–H and O–H groups in total. The molecule has 0 aromatic carbocycles. The fourth-order valence-electron chi connectivity index (χ4n) is 2.78. The Balaban J connectivity index is 2.08. The minimum atomic E-state index is -0.0396. The van der Waals surface area contributed by atoms with Crippen LogP contribution in [0.5, 0.6) is 0 Å². The molecule has 21 heavy (non-hydrogen) atoms. The molecule has 0 bridgehead atoms. The summed E-state index contributed by atoms with van der Waals surface area (Å²) in [6.45, 7) is 11.5. The molecule has 4 heteroatoms. The third-order valence-electron chi connectivity index (χ3n) is 4.09. The summed E-state index contributed by atoms with van der Waals surface area (Å²) in [5, 5.41) is 0. The van der Waals surface area contributed by atoms with Crippen LogP contribution in [0.4, 0.5) is 5.82 Å². The van der Waals surface area contributed by atoms with E-state index < -0.39 is 0 Å². The fraction of sp³-hybridized carbons (Fsp3) is 0.529. The number of nitrogens with zero attached hydrogens (tertiary/aromatic N) is 3. The zero-order valence-corrected chi connectivity index (χ0v) is 13.2. The third kappa shape index (κ3) is 3.63. The largest absolute Gasteiger partial charge is 0.354 e. The van der Waals surface area contributed by atoms with E-state index in [4.69, 9.17) is 0 Å². The summed E-state index contributed by atoms with van der Waals surface area (Å²) in [7, 11) is 0. The molecule has 0 radical (unpaired) electrons. The predicted molar refractivity (Wildman–Crippen MR) is 86.2 cm³/mol. The Labute approximate surface area is 127 Å². The summed E-state index contributed by atoms with van der Waals surface area (Å²) >= 11 is 0. The van der Waals surface area contributed by atoms with Crippen LogP contribution in [0.1, 0.15) is 39.2 Å². The molecular weight excluding hydrogens is 262 g/mol. The summed E-state index contributed by atoms with van der Waals surface area (Å²) < 4.78 is 0. The number of anilines is 1. The Hall–Kier alpha value is -1.84. The number of amides is 1. The van der Waals surface area contributed by atoms with Gasteiger partial charge in [-0.25, -0.2) is 4.98 Å². The molecule has 0 saturated carbocycles. The summed E-state index contributed by atoms with van der Waals surface area (Å²) in [6.07, 6.45) is 5.72. The van der Waals surface area contributed by atoms with Crippen molar-refractivity contribution in [1.82, 2.24) is 9.88 Å². The van der Waals surface area contributed by atoms with E-state index in [2.05, 4.69) is 35.5 Å². The minimum absolute atomic E-state index is 0.0396. The second-order valence-corrected chi connectivity index (χ2v) is 5.97. The average Bonchev–Trinajstić information content (AvgIpc) is 2.90. The molecule has 1 unspecified atom stereocenters. The highest BCUT2D eigenvalue weighted by molar-refractivity contribution is 5.87. The van der Waals surface area contributed by atoms with Crippen molar-refractivity contribution in [2.75, 3.05) is 11.4 Å². The highest BCUT2D eigenvalue weighted by atomic mass is 16.2. The van der Waals surface area contributed by atoms with Gasteiger partial charge in [0.15, 0.2) is 0 Å². The Morgan fingerprint density at radius 3 is 2.81 bits per heavy atom. The van der Waals surface area contributed by atoms with Gasteiger partial charge >= 0.3 is 0 Å². The molecule has 2 rings (SSSR count). The third-order valence-corrected chi connectivity index (χ3v) is 4.09. The molecule has 1 aliphatic rings. The normalized spacial score (nSPS) is 18.1. The minimum Gasteiger partial charge on any atom is -0.354 e. The lowest BCUT2D eigenvalue weighted by atomic mass is 10.2. The van der Waals surface area contributed by atoms with Crippen molar-refractivity contribution in [3.8, 4) is 0 Å². The highest BCUT2D eigenvalue weighted by Crippen LogP contribution is 2.23. The van der Waals surface area contributed by atoms with Gasteiger partial charge in [0.25, 0.3) is 0 Å². The van der Waals surface area contributed by atoms with Crippen molar-refractivity contribution in [2.24, 2.45) is 0 Å². The highest BCUT2D eigenvalue weighted by Gasteiger charge is 2.21.